The molecule has 0 radical (unpaired) electrons. The number of hydrogen-bond acceptors (Lipinski definition) is 7. The first-order valence-electron chi connectivity index (χ1n) is 9.23. The molecule has 1 aromatic heterocycles. The average Bonchev–Trinajstić information content (AvgIpc) is 2.75. The molecule has 1 aromatic carbocycles. The number of pyridine rings is 1. The van der Waals surface area contributed by atoms with Gasteiger partial charge in [-0.05, 0) is 31.2 Å². The van der Waals surface area contributed by atoms with E-state index >= 15 is 0 Å². The fourth-order valence-corrected chi connectivity index (χ4v) is 2.82. The highest BCUT2D eigenvalue weighted by Gasteiger charge is 2.20. The van der Waals surface area contributed by atoms with Crippen molar-refractivity contribution in [3.8, 4) is 0 Å². The largest absolute Gasteiger partial charge is 0.358 e. The fraction of sp³-hybridized carbons (Fsp3) is 0.286. The van der Waals surface area contributed by atoms with Gasteiger partial charge in [0.1, 0.15) is 11.5 Å². The predicted molar refractivity (Wildman–Crippen MR) is 117 cm³/mol. The second kappa shape index (κ2) is 10.1. The van der Waals surface area contributed by atoms with Gasteiger partial charge in [0.2, 0.25) is 0 Å². The lowest BCUT2D eigenvalue weighted by molar-refractivity contribution is 0.0769. The molecule has 8 nitrogen and oxygen atoms in total. The van der Waals surface area contributed by atoms with Gasteiger partial charge in [-0.3, -0.25) is 9.59 Å². The molecule has 0 aliphatic rings. The van der Waals surface area contributed by atoms with Crippen molar-refractivity contribution in [3.05, 3.63) is 53.7 Å². The van der Waals surface area contributed by atoms with Crippen LogP contribution in [-0.2, 0) is 0 Å². The van der Waals surface area contributed by atoms with Crippen molar-refractivity contribution in [1.82, 2.24) is 9.88 Å². The number of benzene rings is 1. The predicted octanol–water partition coefficient (Wildman–Crippen LogP) is 2.92. The van der Waals surface area contributed by atoms with Gasteiger partial charge in [0.25, 0.3) is 5.91 Å². The van der Waals surface area contributed by atoms with Gasteiger partial charge in [0.15, 0.2) is 5.78 Å². The Kier molecular flexibility index (Phi) is 7.59. The van der Waals surface area contributed by atoms with Crippen LogP contribution in [-0.4, -0.2) is 61.7 Å². The van der Waals surface area contributed by atoms with Crippen LogP contribution >= 0.6 is 0 Å². The van der Waals surface area contributed by atoms with E-state index in [9.17, 15) is 9.59 Å². The number of anilines is 2. The van der Waals surface area contributed by atoms with E-state index in [0.717, 1.165) is 0 Å². The molecule has 2 aromatic rings. The first-order chi connectivity index (χ1) is 13.9. The second-order valence-corrected chi connectivity index (χ2v) is 6.33. The number of hydrazone groups is 2. The summed E-state index contributed by atoms with van der Waals surface area (Å²) in [6.07, 6.45) is 0. The molecule has 0 bridgehead atoms. The quantitative estimate of drug-likeness (QED) is 0.352. The standard InChI is InChI=1S/C21H26N6O2/c1-6-26(15-14-25(5)20-13-9-11-18(24-20)16(2)28)21(29)17-10-7-8-12-19(17)27(22-3)23-4/h7-13H,3-4,6,14-15H2,1-2,5H3. The summed E-state index contributed by atoms with van der Waals surface area (Å²) in [5.74, 6) is 0.456. The van der Waals surface area contributed by atoms with E-state index in [-0.39, 0.29) is 11.7 Å². The number of rotatable bonds is 10. The number of carbonyl (C=O) groups excluding carboxylic acids is 2. The number of para-hydroxylation sites is 1. The van der Waals surface area contributed by atoms with Gasteiger partial charge in [-0.25, -0.2) is 4.98 Å². The zero-order valence-electron chi connectivity index (χ0n) is 17.1. The van der Waals surface area contributed by atoms with Crippen LogP contribution < -0.4 is 10.0 Å². The van der Waals surface area contributed by atoms with E-state index in [2.05, 4.69) is 28.6 Å². The van der Waals surface area contributed by atoms with Crippen molar-refractivity contribution >= 4 is 36.6 Å². The molecule has 1 amide bonds. The Labute approximate surface area is 171 Å². The highest BCUT2D eigenvalue weighted by atomic mass is 16.2. The number of likely N-dealkylation sites (N-methyl/N-ethyl adjacent to an activating group) is 2. The van der Waals surface area contributed by atoms with E-state index < -0.39 is 0 Å². The smallest absolute Gasteiger partial charge is 0.256 e. The Morgan fingerprint density at radius 3 is 2.34 bits per heavy atom. The number of ketones is 1. The maximum atomic E-state index is 13.1. The summed E-state index contributed by atoms with van der Waals surface area (Å²) >= 11 is 0. The lowest BCUT2D eigenvalue weighted by Crippen LogP contribution is -2.38. The minimum Gasteiger partial charge on any atom is -0.358 e. The number of amides is 1. The summed E-state index contributed by atoms with van der Waals surface area (Å²) in [6, 6.07) is 12.4. The van der Waals surface area contributed by atoms with Crippen LogP contribution in [0.5, 0.6) is 0 Å². The molecule has 0 unspecified atom stereocenters. The fourth-order valence-electron chi connectivity index (χ4n) is 2.82. The van der Waals surface area contributed by atoms with Gasteiger partial charge >= 0.3 is 0 Å². The van der Waals surface area contributed by atoms with E-state index in [0.29, 0.717) is 42.4 Å². The van der Waals surface area contributed by atoms with Gasteiger partial charge in [-0.2, -0.15) is 15.3 Å². The molecule has 0 saturated carbocycles. The number of hydrogen-bond donors (Lipinski definition) is 0. The molecule has 0 atom stereocenters. The van der Waals surface area contributed by atoms with E-state index in [1.807, 2.05) is 24.9 Å². The van der Waals surface area contributed by atoms with Crippen molar-refractivity contribution in [2.24, 2.45) is 10.2 Å². The van der Waals surface area contributed by atoms with Crippen LogP contribution in [0.15, 0.2) is 52.7 Å². The summed E-state index contributed by atoms with van der Waals surface area (Å²) in [7, 11) is 1.88. The Hall–Kier alpha value is -3.55. The SMILES string of the molecule is C=NN(N=C)c1ccccc1C(=O)N(CC)CCN(C)c1cccc(C(C)=O)n1. The monoisotopic (exact) mass is 394 g/mol. The molecule has 2 rings (SSSR count). The topological polar surface area (TPSA) is 81.5 Å². The number of Topliss-reactive ketones (excluding diaryl/α,β-unsaturated/α-hetero) is 1. The Morgan fingerprint density at radius 1 is 1.03 bits per heavy atom. The summed E-state index contributed by atoms with van der Waals surface area (Å²) in [5.41, 5.74) is 1.40. The molecule has 0 aliphatic heterocycles. The number of nitrogens with zero attached hydrogens (tertiary/aromatic N) is 6. The summed E-state index contributed by atoms with van der Waals surface area (Å²) in [5, 5.41) is 8.79. The van der Waals surface area contributed by atoms with Crippen molar-refractivity contribution in [2.45, 2.75) is 13.8 Å². The van der Waals surface area contributed by atoms with Crippen LogP contribution in [0.2, 0.25) is 0 Å². The molecule has 8 heteroatoms. The molecule has 0 fully saturated rings. The average molecular weight is 394 g/mol. The third kappa shape index (κ3) is 5.25. The van der Waals surface area contributed by atoms with Crippen LogP contribution in [0.4, 0.5) is 11.5 Å². The van der Waals surface area contributed by atoms with Crippen LogP contribution in [0.1, 0.15) is 34.7 Å². The van der Waals surface area contributed by atoms with Gasteiger partial charge < -0.3 is 9.80 Å². The summed E-state index contributed by atoms with van der Waals surface area (Å²) in [4.78, 5) is 32.7. The number of aromatic nitrogens is 1. The van der Waals surface area contributed by atoms with Crippen LogP contribution in [0.25, 0.3) is 0 Å². The first kappa shape index (κ1) is 21.7. The molecule has 29 heavy (non-hydrogen) atoms. The maximum absolute atomic E-state index is 13.1. The van der Waals surface area contributed by atoms with Gasteiger partial charge in [0, 0.05) is 47.0 Å². The Balaban J connectivity index is 2.15. The Bertz CT molecular complexity index is 890. The molecule has 152 valence electrons. The third-order valence-corrected chi connectivity index (χ3v) is 4.48. The molecule has 0 N–H and O–H groups in total. The maximum Gasteiger partial charge on any atom is 0.256 e. The molecule has 0 spiro atoms. The van der Waals surface area contributed by atoms with Gasteiger partial charge in [0.05, 0.1) is 11.3 Å². The Morgan fingerprint density at radius 2 is 1.72 bits per heavy atom. The van der Waals surface area contributed by atoms with Gasteiger partial charge in [-0.15, -0.1) is 0 Å². The zero-order chi connectivity index (χ0) is 21.4. The van der Waals surface area contributed by atoms with E-state index in [4.69, 9.17) is 0 Å². The first-order valence-corrected chi connectivity index (χ1v) is 9.23. The van der Waals surface area contributed by atoms with Gasteiger partial charge in [-0.1, -0.05) is 18.2 Å². The third-order valence-electron chi connectivity index (χ3n) is 4.48. The minimum absolute atomic E-state index is 0.0848. The summed E-state index contributed by atoms with van der Waals surface area (Å²) in [6.45, 7) is 11.9. The highest BCUT2D eigenvalue weighted by Crippen LogP contribution is 2.22. The summed E-state index contributed by atoms with van der Waals surface area (Å²) < 4.78 is 0. The molecular formula is C21H26N6O2. The second-order valence-electron chi connectivity index (χ2n) is 6.33. The van der Waals surface area contributed by atoms with Crippen molar-refractivity contribution < 1.29 is 9.59 Å². The highest BCUT2D eigenvalue weighted by molar-refractivity contribution is 5.99. The van der Waals surface area contributed by atoms with Crippen molar-refractivity contribution in [3.63, 3.8) is 0 Å². The van der Waals surface area contributed by atoms with Crippen molar-refractivity contribution in [2.75, 3.05) is 36.7 Å². The number of carbonyl (C=O) groups is 2. The van der Waals surface area contributed by atoms with Crippen molar-refractivity contribution in [1.29, 1.82) is 0 Å². The zero-order valence-corrected chi connectivity index (χ0v) is 17.1. The molecule has 0 saturated heterocycles. The van der Waals surface area contributed by atoms with E-state index in [1.165, 1.54) is 12.0 Å². The van der Waals surface area contributed by atoms with E-state index in [1.54, 1.807) is 41.3 Å². The minimum atomic E-state index is -0.140. The normalized spacial score (nSPS) is 10.2. The van der Waals surface area contributed by atoms with Crippen LogP contribution in [0.3, 0.4) is 0 Å². The lowest BCUT2D eigenvalue weighted by atomic mass is 10.1. The molecular weight excluding hydrogens is 368 g/mol. The molecule has 1 heterocycles. The van der Waals surface area contributed by atoms with Crippen LogP contribution in [0, 0.1) is 0 Å². The lowest BCUT2D eigenvalue weighted by Gasteiger charge is -2.26. The molecule has 0 aliphatic carbocycles.